The molecule has 1 atom stereocenters. The number of carbonyl (C=O) groups is 1. The summed E-state index contributed by atoms with van der Waals surface area (Å²) >= 11 is 0. The van der Waals surface area contributed by atoms with Gasteiger partial charge in [0.1, 0.15) is 5.69 Å². The van der Waals surface area contributed by atoms with Crippen LogP contribution in [-0.2, 0) is 5.54 Å². The Kier molecular flexibility index (Phi) is 5.19. The van der Waals surface area contributed by atoms with Crippen LogP contribution in [-0.4, -0.2) is 45.8 Å². The maximum Gasteiger partial charge on any atom is 0.272 e. The Morgan fingerprint density at radius 1 is 1.30 bits per heavy atom. The van der Waals surface area contributed by atoms with Gasteiger partial charge in [-0.2, -0.15) is 5.10 Å². The Labute approximate surface area is 140 Å². The monoisotopic (exact) mass is 320 g/mol. The van der Waals surface area contributed by atoms with Gasteiger partial charge in [0, 0.05) is 30.9 Å². The van der Waals surface area contributed by atoms with Crippen LogP contribution >= 0.6 is 0 Å². The van der Waals surface area contributed by atoms with Crippen molar-refractivity contribution in [3.63, 3.8) is 0 Å². The number of amides is 1. The number of hydrogen-bond acceptors (Lipinski definition) is 3. The third-order valence-corrected chi connectivity index (χ3v) is 4.48. The van der Waals surface area contributed by atoms with Gasteiger partial charge in [-0.3, -0.25) is 14.4 Å². The van der Waals surface area contributed by atoms with Gasteiger partial charge in [0.05, 0.1) is 5.54 Å². The highest BCUT2D eigenvalue weighted by Gasteiger charge is 2.28. The Hall–Kier alpha value is -1.36. The summed E-state index contributed by atoms with van der Waals surface area (Å²) in [6.45, 7) is 17.0. The fourth-order valence-electron chi connectivity index (χ4n) is 3.09. The fourth-order valence-corrected chi connectivity index (χ4v) is 3.09. The van der Waals surface area contributed by atoms with Crippen molar-refractivity contribution in [2.24, 2.45) is 0 Å². The summed E-state index contributed by atoms with van der Waals surface area (Å²) in [5.41, 5.74) is 1.52. The minimum atomic E-state index is -0.125. The molecule has 0 spiro atoms. The molecule has 0 aromatic carbocycles. The van der Waals surface area contributed by atoms with E-state index >= 15 is 0 Å². The van der Waals surface area contributed by atoms with E-state index in [1.165, 1.54) is 0 Å². The second kappa shape index (κ2) is 6.63. The second-order valence-electron chi connectivity index (χ2n) is 8.24. The lowest BCUT2D eigenvalue weighted by molar-refractivity contribution is 0.0930. The van der Waals surface area contributed by atoms with E-state index < -0.39 is 0 Å². The second-order valence-corrected chi connectivity index (χ2v) is 8.24. The van der Waals surface area contributed by atoms with Gasteiger partial charge >= 0.3 is 0 Å². The predicted octanol–water partition coefficient (Wildman–Crippen LogP) is 2.97. The molecule has 130 valence electrons. The van der Waals surface area contributed by atoms with Gasteiger partial charge in [-0.15, -0.1) is 0 Å². The summed E-state index contributed by atoms with van der Waals surface area (Å²) in [4.78, 5) is 15.0. The normalized spacial score (nSPS) is 19.8. The summed E-state index contributed by atoms with van der Waals surface area (Å²) in [6, 6.07) is 2.71. The zero-order valence-electron chi connectivity index (χ0n) is 15.7. The average molecular weight is 320 g/mol. The molecule has 0 bridgehead atoms. The van der Waals surface area contributed by atoms with Crippen molar-refractivity contribution in [3.05, 3.63) is 17.5 Å². The maximum absolute atomic E-state index is 12.6. The summed E-state index contributed by atoms with van der Waals surface area (Å²) in [5.74, 6) is 0.289. The standard InChI is InChI=1S/C18H32N4O/c1-12(2)16-10-15(20-22(16)18(5,6)7)17(23)19-14-8-9-21(11-14)13(3)4/h10,12-14H,8-9,11H2,1-7H3,(H,19,23). The summed E-state index contributed by atoms with van der Waals surface area (Å²) in [7, 11) is 0. The van der Waals surface area contributed by atoms with Crippen molar-refractivity contribution in [2.45, 2.75) is 78.4 Å². The summed E-state index contributed by atoms with van der Waals surface area (Å²) in [6.07, 6.45) is 1.01. The maximum atomic E-state index is 12.6. The van der Waals surface area contributed by atoms with E-state index in [-0.39, 0.29) is 17.5 Å². The molecule has 0 aliphatic carbocycles. The molecule has 5 nitrogen and oxygen atoms in total. The number of aromatic nitrogens is 2. The quantitative estimate of drug-likeness (QED) is 0.928. The van der Waals surface area contributed by atoms with Crippen LogP contribution < -0.4 is 5.32 Å². The number of nitrogens with zero attached hydrogens (tertiary/aromatic N) is 3. The van der Waals surface area contributed by atoms with E-state index in [0.717, 1.165) is 25.2 Å². The largest absolute Gasteiger partial charge is 0.347 e. The van der Waals surface area contributed by atoms with E-state index in [2.05, 4.69) is 63.8 Å². The molecule has 2 heterocycles. The molecule has 0 radical (unpaired) electrons. The van der Waals surface area contributed by atoms with Crippen LogP contribution in [0.4, 0.5) is 0 Å². The lowest BCUT2D eigenvalue weighted by Gasteiger charge is -2.23. The zero-order valence-corrected chi connectivity index (χ0v) is 15.7. The first kappa shape index (κ1) is 18.0. The minimum Gasteiger partial charge on any atom is -0.347 e. The van der Waals surface area contributed by atoms with Crippen molar-refractivity contribution in [1.82, 2.24) is 20.0 Å². The van der Waals surface area contributed by atoms with Gasteiger partial charge in [-0.05, 0) is 53.0 Å². The van der Waals surface area contributed by atoms with Crippen LogP contribution in [0.15, 0.2) is 6.07 Å². The van der Waals surface area contributed by atoms with Gasteiger partial charge < -0.3 is 5.32 Å². The van der Waals surface area contributed by atoms with Crippen LogP contribution in [0.1, 0.15) is 77.0 Å². The van der Waals surface area contributed by atoms with Crippen molar-refractivity contribution < 1.29 is 4.79 Å². The molecule has 2 rings (SSSR count). The minimum absolute atomic E-state index is 0.0505. The van der Waals surface area contributed by atoms with E-state index in [1.807, 2.05) is 10.7 Å². The Morgan fingerprint density at radius 3 is 2.39 bits per heavy atom. The highest BCUT2D eigenvalue weighted by atomic mass is 16.2. The lowest BCUT2D eigenvalue weighted by Crippen LogP contribution is -2.38. The van der Waals surface area contributed by atoms with Crippen molar-refractivity contribution >= 4 is 5.91 Å². The summed E-state index contributed by atoms with van der Waals surface area (Å²) in [5, 5.41) is 7.74. The van der Waals surface area contributed by atoms with E-state index in [4.69, 9.17) is 0 Å². The number of nitrogens with one attached hydrogen (secondary N) is 1. The molecular weight excluding hydrogens is 288 g/mol. The lowest BCUT2D eigenvalue weighted by atomic mass is 10.1. The van der Waals surface area contributed by atoms with Crippen LogP contribution in [0.5, 0.6) is 0 Å². The third kappa shape index (κ3) is 4.14. The molecule has 1 aromatic heterocycles. The topological polar surface area (TPSA) is 50.2 Å². The molecule has 0 saturated carbocycles. The van der Waals surface area contributed by atoms with E-state index in [9.17, 15) is 4.79 Å². The number of carbonyl (C=O) groups excluding carboxylic acids is 1. The molecule has 1 fully saturated rings. The van der Waals surface area contributed by atoms with Crippen molar-refractivity contribution in [1.29, 1.82) is 0 Å². The van der Waals surface area contributed by atoms with Gasteiger partial charge in [0.25, 0.3) is 5.91 Å². The highest BCUT2D eigenvalue weighted by molar-refractivity contribution is 5.92. The van der Waals surface area contributed by atoms with Crippen LogP contribution in [0.25, 0.3) is 0 Å². The van der Waals surface area contributed by atoms with Crippen molar-refractivity contribution in [2.75, 3.05) is 13.1 Å². The first-order valence-electron chi connectivity index (χ1n) is 8.75. The molecule has 23 heavy (non-hydrogen) atoms. The fraction of sp³-hybridized carbons (Fsp3) is 0.778. The Bertz CT molecular complexity index is 554. The Balaban J connectivity index is 2.11. The van der Waals surface area contributed by atoms with E-state index in [1.54, 1.807) is 0 Å². The number of hydrogen-bond donors (Lipinski definition) is 1. The van der Waals surface area contributed by atoms with Crippen LogP contribution in [0, 0.1) is 0 Å². The first-order valence-corrected chi connectivity index (χ1v) is 8.75. The molecule has 1 saturated heterocycles. The highest BCUT2D eigenvalue weighted by Crippen LogP contribution is 2.23. The van der Waals surface area contributed by atoms with Crippen LogP contribution in [0.3, 0.4) is 0 Å². The first-order chi connectivity index (χ1) is 10.6. The predicted molar refractivity (Wildman–Crippen MR) is 93.9 cm³/mol. The molecule has 1 amide bonds. The third-order valence-electron chi connectivity index (χ3n) is 4.48. The van der Waals surface area contributed by atoms with Gasteiger partial charge in [0.15, 0.2) is 0 Å². The molecule has 1 unspecified atom stereocenters. The molecule has 1 N–H and O–H groups in total. The molecular formula is C18H32N4O. The Morgan fingerprint density at radius 2 is 1.96 bits per heavy atom. The molecule has 1 aromatic rings. The van der Waals surface area contributed by atoms with Gasteiger partial charge in [-0.25, -0.2) is 0 Å². The molecule has 5 heteroatoms. The average Bonchev–Trinajstić information content (AvgIpc) is 3.03. The van der Waals surface area contributed by atoms with Gasteiger partial charge in [-0.1, -0.05) is 13.8 Å². The SMILES string of the molecule is CC(C)c1cc(C(=O)NC2CCN(C(C)C)C2)nn1C(C)(C)C. The molecule has 1 aliphatic heterocycles. The number of likely N-dealkylation sites (tertiary alicyclic amines) is 1. The summed E-state index contributed by atoms with van der Waals surface area (Å²) < 4.78 is 1.99. The smallest absolute Gasteiger partial charge is 0.272 e. The van der Waals surface area contributed by atoms with Crippen LogP contribution in [0.2, 0.25) is 0 Å². The zero-order chi connectivity index (χ0) is 17.4. The van der Waals surface area contributed by atoms with E-state index in [0.29, 0.717) is 17.7 Å². The van der Waals surface area contributed by atoms with Crippen molar-refractivity contribution in [3.8, 4) is 0 Å². The van der Waals surface area contributed by atoms with Gasteiger partial charge in [0.2, 0.25) is 0 Å². The number of rotatable bonds is 4. The molecule has 1 aliphatic rings.